The van der Waals surface area contributed by atoms with Gasteiger partial charge in [-0.1, -0.05) is 96.6 Å². The normalized spacial score (nSPS) is 14.0. The molecule has 19 nitrogen and oxygen atoms in total. The molecule has 1 aliphatic carbocycles. The number of rotatable bonds is 20. The maximum absolute atomic E-state index is 14.1. The van der Waals surface area contributed by atoms with E-state index in [4.69, 9.17) is 18.9 Å². The summed E-state index contributed by atoms with van der Waals surface area (Å²) in [6, 6.07) is 59.4. The van der Waals surface area contributed by atoms with Gasteiger partial charge in [0, 0.05) is 12.5 Å². The van der Waals surface area contributed by atoms with Gasteiger partial charge in [-0.05, 0) is 227 Å². The van der Waals surface area contributed by atoms with Crippen molar-refractivity contribution in [3.63, 3.8) is 0 Å². The Morgan fingerprint density at radius 3 is 1.18 bits per heavy atom. The maximum atomic E-state index is 14.1. The molecule has 97 heavy (non-hydrogen) atoms. The summed E-state index contributed by atoms with van der Waals surface area (Å²) in [5.41, 5.74) is 4.50. The van der Waals surface area contributed by atoms with Crippen LogP contribution in [0.4, 0.5) is 0 Å². The van der Waals surface area contributed by atoms with E-state index in [-0.39, 0.29) is 68.5 Å². The first-order valence-electron chi connectivity index (χ1n) is 29.2. The third kappa shape index (κ3) is 13.9. The largest absolute Gasteiger partial charge is 0.457 e. The Morgan fingerprint density at radius 2 is 0.753 bits per heavy atom. The zero-order chi connectivity index (χ0) is 68.8. The van der Waals surface area contributed by atoms with Crippen molar-refractivity contribution >= 4 is 87.4 Å². The molecule has 0 saturated heterocycles. The van der Waals surface area contributed by atoms with E-state index in [9.17, 15) is 64.2 Å². The molecule has 11 aromatic carbocycles. The Balaban J connectivity index is 0.812. The molecule has 0 fully saturated rings. The van der Waals surface area contributed by atoms with Gasteiger partial charge in [0.05, 0.1) is 45.3 Å². The summed E-state index contributed by atoms with van der Waals surface area (Å²) in [6.45, 7) is 1.86. The van der Waals surface area contributed by atoms with Crippen LogP contribution in [-0.2, 0) is 64.6 Å². The molecular weight excluding hydrogens is 1360 g/mol. The Bertz CT molecular complexity index is 5680. The average Bonchev–Trinajstić information content (AvgIpc) is 0.732. The van der Waals surface area contributed by atoms with E-state index in [0.29, 0.717) is 45.8 Å². The van der Waals surface area contributed by atoms with Gasteiger partial charge in [-0.3, -0.25) is 13.7 Å². The van der Waals surface area contributed by atoms with Crippen molar-refractivity contribution in [3.8, 4) is 34.5 Å². The van der Waals surface area contributed by atoms with Crippen LogP contribution in [0.5, 0.6) is 34.5 Å². The fourth-order valence-electron chi connectivity index (χ4n) is 11.2. The zero-order valence-electron chi connectivity index (χ0n) is 50.9. The summed E-state index contributed by atoms with van der Waals surface area (Å²) >= 11 is 0. The SMILES string of the molecule is COC1CC=C(/C(=C(\c2ccccc2)c2cc(S(=O)(=O)O)c(Oc3ccc(S(=O)(=O)c4ccc(Oc5ccc(S(=O)(=O)c6ccc(Oc7ccc(S(=O)(=O)c8ccc(C)cc8)cc7)cc6)cc5)cc4)cc3)c3cc(S(=O)(=O)O)ccc23)c2ccc(S(=O)(=O)O)cc2)c2ccccc21. The van der Waals surface area contributed by atoms with E-state index < -0.39 is 86.4 Å². The van der Waals surface area contributed by atoms with Crippen molar-refractivity contribution < 1.29 is 83.1 Å². The molecule has 0 spiro atoms. The second-order valence-electron chi connectivity index (χ2n) is 22.2. The van der Waals surface area contributed by atoms with Crippen LogP contribution in [0.1, 0.15) is 45.9 Å². The summed E-state index contributed by atoms with van der Waals surface area (Å²) in [7, 11) is -25.6. The van der Waals surface area contributed by atoms with Gasteiger partial charge in [-0.15, -0.1) is 0 Å². The summed E-state index contributed by atoms with van der Waals surface area (Å²) in [5.74, 6) is 0.214. The van der Waals surface area contributed by atoms with Crippen LogP contribution in [-0.4, -0.2) is 71.3 Å². The fourth-order valence-corrected chi connectivity index (χ4v) is 16.6. The monoisotopic (exact) mass is 1410 g/mol. The first-order chi connectivity index (χ1) is 46.1. The van der Waals surface area contributed by atoms with Crippen LogP contribution in [0, 0.1) is 6.92 Å². The molecule has 1 aliphatic rings. The number of benzene rings is 11. The van der Waals surface area contributed by atoms with Gasteiger partial charge >= 0.3 is 0 Å². The van der Waals surface area contributed by atoms with Gasteiger partial charge in [-0.25, -0.2) is 25.3 Å². The minimum Gasteiger partial charge on any atom is -0.457 e. The van der Waals surface area contributed by atoms with Gasteiger partial charge < -0.3 is 18.9 Å². The quantitative estimate of drug-likeness (QED) is 0.0472. The molecule has 3 N–H and O–H groups in total. The molecule has 0 saturated carbocycles. The van der Waals surface area contributed by atoms with Gasteiger partial charge in [0.25, 0.3) is 30.4 Å². The Kier molecular flexibility index (Phi) is 18.2. The lowest BCUT2D eigenvalue weighted by molar-refractivity contribution is 0.105. The lowest BCUT2D eigenvalue weighted by Crippen LogP contribution is -2.11. The van der Waals surface area contributed by atoms with Gasteiger partial charge in [-0.2, -0.15) is 25.3 Å². The predicted octanol–water partition coefficient (Wildman–Crippen LogP) is 14.9. The number of sulfone groups is 3. The average molecular weight is 1420 g/mol. The predicted molar refractivity (Wildman–Crippen MR) is 361 cm³/mol. The molecule has 0 aliphatic heterocycles. The molecule has 0 heterocycles. The molecule has 0 aromatic heterocycles. The van der Waals surface area contributed by atoms with Crippen molar-refractivity contribution in [2.45, 2.75) is 63.5 Å². The third-order valence-corrected chi connectivity index (χ3v) is 23.9. The van der Waals surface area contributed by atoms with Crippen LogP contribution in [0.2, 0.25) is 0 Å². The number of ether oxygens (including phenoxy) is 4. The topological polar surface area (TPSA) is 302 Å². The van der Waals surface area contributed by atoms with Crippen molar-refractivity contribution in [1.82, 2.24) is 0 Å². The number of fused-ring (bicyclic) bond motifs is 2. The molecule has 1 unspecified atom stereocenters. The molecule has 0 amide bonds. The van der Waals surface area contributed by atoms with E-state index in [1.165, 1.54) is 164 Å². The van der Waals surface area contributed by atoms with Crippen molar-refractivity contribution in [1.29, 1.82) is 0 Å². The summed E-state index contributed by atoms with van der Waals surface area (Å²) in [5, 5.41) is -0.152. The summed E-state index contributed by atoms with van der Waals surface area (Å²) < 4.78 is 216. The second kappa shape index (κ2) is 26.3. The standard InChI is InChI=1S/C72H54O19S6/c1-46-12-26-54(27-13-46)92(73,74)55-30-16-49(17-31-55)89-50-18-32-56(33-19-50)93(75,76)57-34-20-51(21-35-57)90-52-22-36-58(37-23-52)94(77,78)59-38-24-53(25-39-59)91-72-67-44-61(96(82,83)84)40-41-63(67)66(45-69(72)97(85,86)87)71(47-8-4-3-5-9-47)70(48-14-28-60(29-15-48)95(79,80)81)65-42-43-68(88-2)64-11-7-6-10-62(64)65/h3-42,44-45,68H,43H2,1-2H3,(H,79,80,81)(H,82,83,84)(H,85,86,87)/b71-70+. The number of hydrogen-bond acceptors (Lipinski definition) is 16. The minimum atomic E-state index is -5.39. The van der Waals surface area contributed by atoms with Gasteiger partial charge in [0.15, 0.2) is 5.75 Å². The van der Waals surface area contributed by atoms with Crippen LogP contribution in [0.15, 0.2) is 299 Å². The van der Waals surface area contributed by atoms with Gasteiger partial charge in [0.2, 0.25) is 29.5 Å². The highest BCUT2D eigenvalue weighted by Gasteiger charge is 2.32. The third-order valence-electron chi connectivity index (χ3n) is 16.0. The minimum absolute atomic E-state index is 0.0392. The van der Waals surface area contributed by atoms with Crippen LogP contribution >= 0.6 is 0 Å². The van der Waals surface area contributed by atoms with E-state index >= 15 is 0 Å². The first-order valence-corrected chi connectivity index (χ1v) is 38.0. The lowest BCUT2D eigenvalue weighted by Gasteiger charge is -2.29. The zero-order valence-corrected chi connectivity index (χ0v) is 55.8. The maximum Gasteiger partial charge on any atom is 0.298 e. The Morgan fingerprint density at radius 1 is 0.371 bits per heavy atom. The van der Waals surface area contributed by atoms with Crippen molar-refractivity contribution in [3.05, 3.63) is 288 Å². The highest BCUT2D eigenvalue weighted by Crippen LogP contribution is 2.50. The van der Waals surface area contributed by atoms with E-state index in [1.807, 2.05) is 31.2 Å². The molecule has 11 aromatic rings. The Labute approximate surface area is 559 Å². The number of hydrogen-bond donors (Lipinski definition) is 3. The number of methoxy groups -OCH3 is 1. The molecule has 0 radical (unpaired) electrons. The molecule has 1 atom stereocenters. The highest BCUT2D eigenvalue weighted by molar-refractivity contribution is 7.92. The van der Waals surface area contributed by atoms with Crippen molar-refractivity contribution in [2.75, 3.05) is 7.11 Å². The van der Waals surface area contributed by atoms with E-state index in [0.717, 1.165) is 29.3 Å². The highest BCUT2D eigenvalue weighted by atomic mass is 32.2. The Hall–Kier alpha value is -9.90. The van der Waals surface area contributed by atoms with E-state index in [2.05, 4.69) is 0 Å². The van der Waals surface area contributed by atoms with E-state index in [1.54, 1.807) is 55.6 Å². The first kappa shape index (κ1) is 67.1. The molecule has 492 valence electrons. The lowest BCUT2D eigenvalue weighted by atomic mass is 9.78. The number of allylic oxidation sites excluding steroid dienone is 2. The van der Waals surface area contributed by atoms with Gasteiger partial charge in [0.1, 0.15) is 33.6 Å². The summed E-state index contributed by atoms with van der Waals surface area (Å²) in [4.78, 5) is -2.30. The van der Waals surface area contributed by atoms with Crippen LogP contribution in [0.3, 0.4) is 0 Å². The van der Waals surface area contributed by atoms with Crippen molar-refractivity contribution in [2.24, 2.45) is 0 Å². The van der Waals surface area contributed by atoms with Crippen LogP contribution in [0.25, 0.3) is 27.5 Å². The number of aryl methyl sites for hydroxylation is 1. The smallest absolute Gasteiger partial charge is 0.298 e. The molecular formula is C72H54O19S6. The van der Waals surface area contributed by atoms with Crippen LogP contribution < -0.4 is 14.2 Å². The summed E-state index contributed by atoms with van der Waals surface area (Å²) in [6.07, 6.45) is 1.84. The molecule has 0 bridgehead atoms. The molecule has 12 rings (SSSR count). The second-order valence-corrected chi connectivity index (χ2v) is 32.3. The fraction of sp³-hybridized carbons (Fsp3) is 0.0556. The molecule has 25 heteroatoms.